The number of ether oxygens (including phenoxy) is 1. The number of hydrogen-bond donors (Lipinski definition) is 1. The van der Waals surface area contributed by atoms with Crippen molar-refractivity contribution in [2.75, 3.05) is 11.8 Å². The molecule has 0 saturated carbocycles. The first kappa shape index (κ1) is 16.5. The Morgan fingerprint density at radius 3 is 2.41 bits per heavy atom. The molecule has 0 fully saturated rings. The minimum atomic E-state index is -3.89. The van der Waals surface area contributed by atoms with Crippen LogP contribution in [-0.2, 0) is 14.8 Å². The molecule has 0 spiro atoms. The first-order valence-corrected chi connectivity index (χ1v) is 8.09. The van der Waals surface area contributed by atoms with E-state index < -0.39 is 16.0 Å². The lowest BCUT2D eigenvalue weighted by atomic mass is 10.2. The standard InChI is InChI=1S/C13H10Cl2N2O4S/c1-21-13(18)8-2-4-10(5-3-8)22(19,20)17-12-11(15)6-9(14)7-16-12/h2-7H,1H3,(H,16,17). The number of benzene rings is 1. The maximum Gasteiger partial charge on any atom is 0.337 e. The smallest absolute Gasteiger partial charge is 0.337 e. The van der Waals surface area contributed by atoms with E-state index in [2.05, 4.69) is 14.4 Å². The molecule has 2 aromatic rings. The van der Waals surface area contributed by atoms with Crippen LogP contribution in [0.25, 0.3) is 0 Å². The summed E-state index contributed by atoms with van der Waals surface area (Å²) in [4.78, 5) is 15.1. The number of pyridine rings is 1. The fourth-order valence-electron chi connectivity index (χ4n) is 1.56. The van der Waals surface area contributed by atoms with Gasteiger partial charge in [0.2, 0.25) is 0 Å². The Bertz CT molecular complexity index is 807. The highest BCUT2D eigenvalue weighted by molar-refractivity contribution is 7.92. The van der Waals surface area contributed by atoms with Crippen molar-refractivity contribution in [1.29, 1.82) is 0 Å². The van der Waals surface area contributed by atoms with Gasteiger partial charge in [0.05, 0.1) is 27.6 Å². The maximum atomic E-state index is 12.2. The summed E-state index contributed by atoms with van der Waals surface area (Å²) in [6.45, 7) is 0. The van der Waals surface area contributed by atoms with Gasteiger partial charge in [-0.25, -0.2) is 18.2 Å². The van der Waals surface area contributed by atoms with Crippen LogP contribution >= 0.6 is 23.2 Å². The highest BCUT2D eigenvalue weighted by Crippen LogP contribution is 2.25. The van der Waals surface area contributed by atoms with Crippen LogP contribution in [0.3, 0.4) is 0 Å². The molecule has 2 rings (SSSR count). The van der Waals surface area contributed by atoms with Crippen LogP contribution in [0.2, 0.25) is 10.0 Å². The number of carbonyl (C=O) groups excluding carboxylic acids is 1. The van der Waals surface area contributed by atoms with Crippen molar-refractivity contribution in [3.05, 3.63) is 52.1 Å². The van der Waals surface area contributed by atoms with Gasteiger partial charge in [-0.2, -0.15) is 0 Å². The summed E-state index contributed by atoms with van der Waals surface area (Å²) < 4.78 is 31.2. The summed E-state index contributed by atoms with van der Waals surface area (Å²) in [6, 6.07) is 6.61. The molecule has 6 nitrogen and oxygen atoms in total. The molecule has 9 heteroatoms. The van der Waals surface area contributed by atoms with Gasteiger partial charge in [-0.1, -0.05) is 23.2 Å². The quantitative estimate of drug-likeness (QED) is 0.847. The zero-order valence-corrected chi connectivity index (χ0v) is 13.5. The Morgan fingerprint density at radius 2 is 1.86 bits per heavy atom. The van der Waals surface area contributed by atoms with E-state index in [4.69, 9.17) is 23.2 Å². The summed E-state index contributed by atoms with van der Waals surface area (Å²) in [5.41, 5.74) is 0.240. The molecule has 0 unspecified atom stereocenters. The van der Waals surface area contributed by atoms with Crippen molar-refractivity contribution in [3.8, 4) is 0 Å². The zero-order valence-electron chi connectivity index (χ0n) is 11.2. The number of carbonyl (C=O) groups is 1. The second-order valence-corrected chi connectivity index (χ2v) is 6.63. The number of halogens is 2. The molecule has 1 aromatic carbocycles. The summed E-state index contributed by atoms with van der Waals surface area (Å²) >= 11 is 11.6. The predicted molar refractivity (Wildman–Crippen MR) is 82.8 cm³/mol. The van der Waals surface area contributed by atoms with Gasteiger partial charge in [0, 0.05) is 6.20 Å². The third-order valence-electron chi connectivity index (χ3n) is 2.62. The highest BCUT2D eigenvalue weighted by atomic mass is 35.5. The van der Waals surface area contributed by atoms with E-state index in [1.165, 1.54) is 43.6 Å². The van der Waals surface area contributed by atoms with E-state index in [0.717, 1.165) is 0 Å². The molecule has 116 valence electrons. The minimum Gasteiger partial charge on any atom is -0.465 e. The van der Waals surface area contributed by atoms with Gasteiger partial charge in [-0.3, -0.25) is 4.72 Å². The zero-order chi connectivity index (χ0) is 16.3. The van der Waals surface area contributed by atoms with Gasteiger partial charge in [0.15, 0.2) is 5.82 Å². The van der Waals surface area contributed by atoms with Crippen molar-refractivity contribution >= 4 is 45.0 Å². The Morgan fingerprint density at radius 1 is 1.23 bits per heavy atom. The average Bonchev–Trinajstić information content (AvgIpc) is 2.49. The van der Waals surface area contributed by atoms with E-state index >= 15 is 0 Å². The van der Waals surface area contributed by atoms with Crippen LogP contribution in [0.5, 0.6) is 0 Å². The molecular weight excluding hydrogens is 351 g/mol. The van der Waals surface area contributed by atoms with E-state index in [1.54, 1.807) is 0 Å². The molecule has 0 bridgehead atoms. The largest absolute Gasteiger partial charge is 0.465 e. The molecular formula is C13H10Cl2N2O4S. The molecule has 0 amide bonds. The molecule has 0 atom stereocenters. The van der Waals surface area contributed by atoms with Gasteiger partial charge in [0.25, 0.3) is 10.0 Å². The lowest BCUT2D eigenvalue weighted by Crippen LogP contribution is -2.14. The van der Waals surface area contributed by atoms with Crippen molar-refractivity contribution in [2.45, 2.75) is 4.90 Å². The monoisotopic (exact) mass is 360 g/mol. The number of hydrogen-bond acceptors (Lipinski definition) is 5. The molecule has 1 aromatic heterocycles. The predicted octanol–water partition coefficient (Wildman–Crippen LogP) is 2.98. The van der Waals surface area contributed by atoms with Crippen molar-refractivity contribution in [3.63, 3.8) is 0 Å². The van der Waals surface area contributed by atoms with Gasteiger partial charge < -0.3 is 4.74 Å². The number of nitrogens with one attached hydrogen (secondary N) is 1. The second kappa shape index (κ2) is 6.51. The summed E-state index contributed by atoms with van der Waals surface area (Å²) in [6.07, 6.45) is 1.27. The van der Waals surface area contributed by atoms with Gasteiger partial charge in [-0.05, 0) is 30.3 Å². The van der Waals surface area contributed by atoms with Crippen molar-refractivity contribution in [2.24, 2.45) is 0 Å². The molecule has 22 heavy (non-hydrogen) atoms. The van der Waals surface area contributed by atoms with Crippen LogP contribution in [-0.4, -0.2) is 26.5 Å². The molecule has 0 radical (unpaired) electrons. The molecule has 1 N–H and O–H groups in total. The van der Waals surface area contributed by atoms with E-state index in [1.807, 2.05) is 0 Å². The first-order valence-electron chi connectivity index (χ1n) is 5.86. The van der Waals surface area contributed by atoms with Crippen molar-refractivity contribution in [1.82, 2.24) is 4.98 Å². The molecule has 0 aliphatic rings. The SMILES string of the molecule is COC(=O)c1ccc(S(=O)(=O)Nc2ncc(Cl)cc2Cl)cc1. The maximum absolute atomic E-state index is 12.2. The third-order valence-corrected chi connectivity index (χ3v) is 4.47. The number of methoxy groups -OCH3 is 1. The lowest BCUT2D eigenvalue weighted by molar-refractivity contribution is 0.0600. The Labute approximate surface area is 137 Å². The second-order valence-electron chi connectivity index (χ2n) is 4.11. The number of esters is 1. The van der Waals surface area contributed by atoms with Gasteiger partial charge in [0.1, 0.15) is 0 Å². The highest BCUT2D eigenvalue weighted by Gasteiger charge is 2.17. The van der Waals surface area contributed by atoms with Crippen LogP contribution in [0.1, 0.15) is 10.4 Å². The van der Waals surface area contributed by atoms with Gasteiger partial charge in [-0.15, -0.1) is 0 Å². The minimum absolute atomic E-state index is 0.0388. The fraction of sp³-hybridized carbons (Fsp3) is 0.0769. The number of rotatable bonds is 4. The first-order chi connectivity index (χ1) is 10.3. The number of nitrogens with zero attached hydrogens (tertiary/aromatic N) is 1. The topological polar surface area (TPSA) is 85.4 Å². The Kier molecular flexibility index (Phi) is 4.90. The number of aromatic nitrogens is 1. The van der Waals surface area contributed by atoms with E-state index in [-0.39, 0.29) is 26.3 Å². The Balaban J connectivity index is 2.28. The van der Waals surface area contributed by atoms with Crippen LogP contribution < -0.4 is 4.72 Å². The normalized spacial score (nSPS) is 11.0. The van der Waals surface area contributed by atoms with Crippen LogP contribution in [0, 0.1) is 0 Å². The number of anilines is 1. The summed E-state index contributed by atoms with van der Waals surface area (Å²) in [5.74, 6) is -0.595. The van der Waals surface area contributed by atoms with E-state index in [0.29, 0.717) is 0 Å². The van der Waals surface area contributed by atoms with E-state index in [9.17, 15) is 13.2 Å². The summed E-state index contributed by atoms with van der Waals surface area (Å²) in [5, 5.41) is 0.359. The molecule has 0 aliphatic heterocycles. The molecule has 0 saturated heterocycles. The Hall–Kier alpha value is -1.83. The average molecular weight is 361 g/mol. The van der Waals surface area contributed by atoms with Crippen LogP contribution in [0.15, 0.2) is 41.4 Å². The number of sulfonamides is 1. The fourth-order valence-corrected chi connectivity index (χ4v) is 3.08. The molecule has 1 heterocycles. The summed E-state index contributed by atoms with van der Waals surface area (Å²) in [7, 11) is -2.65. The van der Waals surface area contributed by atoms with Crippen molar-refractivity contribution < 1.29 is 17.9 Å². The lowest BCUT2D eigenvalue weighted by Gasteiger charge is -2.09. The third kappa shape index (κ3) is 3.68. The molecule has 0 aliphatic carbocycles. The van der Waals surface area contributed by atoms with Gasteiger partial charge >= 0.3 is 5.97 Å². The van der Waals surface area contributed by atoms with Crippen LogP contribution in [0.4, 0.5) is 5.82 Å².